The predicted molar refractivity (Wildman–Crippen MR) is 101 cm³/mol. The van der Waals surface area contributed by atoms with Crippen LogP contribution in [0.15, 0.2) is 0 Å². The maximum Gasteiger partial charge on any atom is 0.341 e. The number of aliphatic carboxylic acids is 1. The molecule has 1 aromatic heterocycles. The second-order valence-corrected chi connectivity index (χ2v) is 8.91. The van der Waals surface area contributed by atoms with E-state index in [9.17, 15) is 14.4 Å². The maximum absolute atomic E-state index is 12.3. The molecule has 26 heavy (non-hydrogen) atoms. The lowest BCUT2D eigenvalue weighted by Crippen LogP contribution is -2.26. The largest absolute Gasteiger partial charge is 0.481 e. The summed E-state index contributed by atoms with van der Waals surface area (Å²) in [5.74, 6) is -1.11. The first-order valence-electron chi connectivity index (χ1n) is 8.88. The van der Waals surface area contributed by atoms with Crippen LogP contribution >= 0.6 is 11.3 Å². The molecule has 1 amide bonds. The van der Waals surface area contributed by atoms with Gasteiger partial charge in [-0.25, -0.2) is 4.79 Å². The Hall–Kier alpha value is -1.89. The first kappa shape index (κ1) is 20.4. The molecule has 7 heteroatoms. The number of esters is 1. The van der Waals surface area contributed by atoms with Crippen molar-refractivity contribution in [3.8, 4) is 0 Å². The molecule has 2 N–H and O–H groups in total. The second kappa shape index (κ2) is 8.20. The topological polar surface area (TPSA) is 92.7 Å². The third-order valence-electron chi connectivity index (χ3n) is 4.93. The number of carboxylic acid groups (broad SMARTS) is 1. The number of thiophene rings is 1. The number of fused-ring (bicyclic) bond motifs is 1. The van der Waals surface area contributed by atoms with Crippen LogP contribution < -0.4 is 5.32 Å². The van der Waals surface area contributed by atoms with E-state index in [1.54, 1.807) is 0 Å². The van der Waals surface area contributed by atoms with E-state index < -0.39 is 11.9 Å². The number of anilines is 1. The third-order valence-corrected chi connectivity index (χ3v) is 6.10. The molecule has 6 nitrogen and oxygen atoms in total. The number of amides is 1. The van der Waals surface area contributed by atoms with E-state index in [0.29, 0.717) is 16.5 Å². The molecular formula is C19H27NO5S. The van der Waals surface area contributed by atoms with Gasteiger partial charge in [0.2, 0.25) is 5.91 Å². The Bertz CT molecular complexity index is 702. The summed E-state index contributed by atoms with van der Waals surface area (Å²) in [4.78, 5) is 36.1. The van der Waals surface area contributed by atoms with Gasteiger partial charge >= 0.3 is 11.9 Å². The molecule has 1 aromatic rings. The number of carbonyl (C=O) groups excluding carboxylic acids is 2. The molecule has 0 saturated carbocycles. The van der Waals surface area contributed by atoms with E-state index in [0.717, 1.165) is 29.7 Å². The van der Waals surface area contributed by atoms with Crippen LogP contribution in [-0.2, 0) is 27.2 Å². The van der Waals surface area contributed by atoms with E-state index in [4.69, 9.17) is 9.84 Å². The Morgan fingerprint density at radius 1 is 1.27 bits per heavy atom. The van der Waals surface area contributed by atoms with Gasteiger partial charge in [0.1, 0.15) is 5.00 Å². The van der Waals surface area contributed by atoms with E-state index in [2.05, 4.69) is 26.1 Å². The second-order valence-electron chi connectivity index (χ2n) is 7.80. The molecule has 0 unspecified atom stereocenters. The Kier molecular flexibility index (Phi) is 6.44. The third kappa shape index (κ3) is 4.84. The van der Waals surface area contributed by atoms with Crippen LogP contribution in [0.1, 0.15) is 67.3 Å². The number of nitrogens with one attached hydrogen (secondary N) is 1. The quantitative estimate of drug-likeness (QED) is 0.730. The van der Waals surface area contributed by atoms with Crippen LogP contribution in [0.25, 0.3) is 0 Å². The van der Waals surface area contributed by atoms with Crippen LogP contribution in [-0.4, -0.2) is 30.1 Å². The van der Waals surface area contributed by atoms with E-state index in [1.807, 2.05) is 0 Å². The number of hydrogen-bond donors (Lipinski definition) is 2. The highest BCUT2D eigenvalue weighted by Gasteiger charge is 2.34. The number of hydrogen-bond acceptors (Lipinski definition) is 5. The number of methoxy groups -OCH3 is 1. The van der Waals surface area contributed by atoms with Crippen LogP contribution in [0.5, 0.6) is 0 Å². The summed E-state index contributed by atoms with van der Waals surface area (Å²) in [5, 5.41) is 12.0. The monoisotopic (exact) mass is 381 g/mol. The molecule has 0 aliphatic heterocycles. The summed E-state index contributed by atoms with van der Waals surface area (Å²) in [7, 11) is 1.34. The van der Waals surface area contributed by atoms with Crippen molar-refractivity contribution >= 4 is 34.2 Å². The SMILES string of the molecule is COC(=O)c1c(NC(=O)CCCC(=O)O)sc2c1CC[C@@H](C(C)(C)C)C2. The normalized spacial score (nSPS) is 16.7. The summed E-state index contributed by atoms with van der Waals surface area (Å²) >= 11 is 1.44. The Morgan fingerprint density at radius 2 is 1.96 bits per heavy atom. The van der Waals surface area contributed by atoms with Crippen molar-refractivity contribution < 1.29 is 24.2 Å². The highest BCUT2D eigenvalue weighted by atomic mass is 32.1. The zero-order valence-electron chi connectivity index (χ0n) is 15.8. The van der Waals surface area contributed by atoms with Gasteiger partial charge in [0.25, 0.3) is 0 Å². The van der Waals surface area contributed by atoms with Gasteiger partial charge in [0.15, 0.2) is 0 Å². The summed E-state index contributed by atoms with van der Waals surface area (Å²) in [6, 6.07) is 0. The van der Waals surface area contributed by atoms with Gasteiger partial charge in [-0.2, -0.15) is 0 Å². The summed E-state index contributed by atoms with van der Waals surface area (Å²) in [6.45, 7) is 6.67. The van der Waals surface area contributed by atoms with Gasteiger partial charge in [-0.1, -0.05) is 20.8 Å². The molecule has 1 heterocycles. The molecule has 0 bridgehead atoms. The Balaban J connectivity index is 2.21. The van der Waals surface area contributed by atoms with Crippen LogP contribution in [0.4, 0.5) is 5.00 Å². The molecule has 0 aromatic carbocycles. The summed E-state index contributed by atoms with van der Waals surface area (Å²) in [5.41, 5.74) is 1.64. The lowest BCUT2D eigenvalue weighted by atomic mass is 9.72. The lowest BCUT2D eigenvalue weighted by Gasteiger charge is -2.33. The highest BCUT2D eigenvalue weighted by Crippen LogP contribution is 2.44. The van der Waals surface area contributed by atoms with Gasteiger partial charge < -0.3 is 15.2 Å². The number of ether oxygens (including phenoxy) is 1. The molecule has 0 fully saturated rings. The summed E-state index contributed by atoms with van der Waals surface area (Å²) in [6.07, 6.45) is 3.02. The van der Waals surface area contributed by atoms with E-state index >= 15 is 0 Å². The van der Waals surface area contributed by atoms with Crippen molar-refractivity contribution in [2.24, 2.45) is 11.3 Å². The molecule has 144 valence electrons. The lowest BCUT2D eigenvalue weighted by molar-refractivity contribution is -0.137. The number of carbonyl (C=O) groups is 3. The van der Waals surface area contributed by atoms with Gasteiger partial charge in [-0.3, -0.25) is 9.59 Å². The molecule has 0 spiro atoms. The zero-order valence-corrected chi connectivity index (χ0v) is 16.6. The van der Waals surface area contributed by atoms with Crippen molar-refractivity contribution in [2.75, 3.05) is 12.4 Å². The van der Waals surface area contributed by atoms with Crippen LogP contribution in [0, 0.1) is 11.3 Å². The highest BCUT2D eigenvalue weighted by molar-refractivity contribution is 7.17. The molecule has 2 rings (SSSR count). The van der Waals surface area contributed by atoms with E-state index in [1.165, 1.54) is 18.4 Å². The van der Waals surface area contributed by atoms with E-state index in [-0.39, 0.29) is 30.6 Å². The van der Waals surface area contributed by atoms with Crippen molar-refractivity contribution in [3.05, 3.63) is 16.0 Å². The smallest absolute Gasteiger partial charge is 0.341 e. The minimum Gasteiger partial charge on any atom is -0.481 e. The standard InChI is InChI=1S/C19H27NO5S/c1-19(2,3)11-8-9-12-13(10-11)26-17(16(12)18(24)25-4)20-14(21)6-5-7-15(22)23/h11H,5-10H2,1-4H3,(H,20,21)(H,22,23)/t11-/m1/s1. The molecular weight excluding hydrogens is 354 g/mol. The van der Waals surface area contributed by atoms with Crippen molar-refractivity contribution in [1.29, 1.82) is 0 Å². The Morgan fingerprint density at radius 3 is 2.54 bits per heavy atom. The fourth-order valence-electron chi connectivity index (χ4n) is 3.32. The van der Waals surface area contributed by atoms with Crippen molar-refractivity contribution in [2.45, 2.75) is 59.3 Å². The predicted octanol–water partition coefficient (Wildman–Crippen LogP) is 3.88. The maximum atomic E-state index is 12.3. The number of rotatable bonds is 6. The molecule has 0 radical (unpaired) electrons. The van der Waals surface area contributed by atoms with Crippen LogP contribution in [0.3, 0.4) is 0 Å². The number of carboxylic acids is 1. The minimum atomic E-state index is -0.923. The average Bonchev–Trinajstić information content (AvgIpc) is 2.89. The molecule has 1 aliphatic carbocycles. The minimum absolute atomic E-state index is 0.0501. The first-order chi connectivity index (χ1) is 12.1. The molecule has 1 atom stereocenters. The van der Waals surface area contributed by atoms with Gasteiger partial charge in [0, 0.05) is 17.7 Å². The summed E-state index contributed by atoms with van der Waals surface area (Å²) < 4.78 is 4.93. The van der Waals surface area contributed by atoms with Gasteiger partial charge in [-0.05, 0) is 42.6 Å². The van der Waals surface area contributed by atoms with Crippen molar-refractivity contribution in [1.82, 2.24) is 0 Å². The van der Waals surface area contributed by atoms with Crippen molar-refractivity contribution in [3.63, 3.8) is 0 Å². The zero-order chi connectivity index (χ0) is 19.5. The van der Waals surface area contributed by atoms with Gasteiger partial charge in [0.05, 0.1) is 12.7 Å². The fraction of sp³-hybridized carbons (Fsp3) is 0.632. The van der Waals surface area contributed by atoms with Crippen LogP contribution in [0.2, 0.25) is 0 Å². The van der Waals surface area contributed by atoms with Gasteiger partial charge in [-0.15, -0.1) is 11.3 Å². The first-order valence-corrected chi connectivity index (χ1v) is 9.69. The fourth-order valence-corrected chi connectivity index (χ4v) is 4.65. The molecule has 1 aliphatic rings. The Labute approximate surface area is 157 Å². The molecule has 0 saturated heterocycles. The average molecular weight is 381 g/mol.